The highest BCUT2D eigenvalue weighted by Crippen LogP contribution is 2.34. The molecule has 0 saturated carbocycles. The molecule has 100 valence electrons. The van der Waals surface area contributed by atoms with Gasteiger partial charge in [0, 0.05) is 25.8 Å². The van der Waals surface area contributed by atoms with Gasteiger partial charge in [0.2, 0.25) is 5.91 Å². The zero-order valence-electron chi connectivity index (χ0n) is 9.79. The Morgan fingerprint density at radius 1 is 1.39 bits per heavy atom. The first-order valence-electron chi connectivity index (χ1n) is 5.19. The van der Waals surface area contributed by atoms with Crippen molar-refractivity contribution in [1.29, 1.82) is 0 Å². The van der Waals surface area contributed by atoms with E-state index in [9.17, 15) is 18.0 Å². The predicted molar refractivity (Wildman–Crippen MR) is 62.3 cm³/mol. The molecule has 0 bridgehead atoms. The largest absolute Gasteiger partial charge is 0.417 e. The van der Waals surface area contributed by atoms with Crippen molar-refractivity contribution in [2.24, 2.45) is 11.5 Å². The summed E-state index contributed by atoms with van der Waals surface area (Å²) >= 11 is 0. The molecular formula is C11H14F3N3O. The predicted octanol–water partition coefficient (Wildman–Crippen LogP) is 1.20. The van der Waals surface area contributed by atoms with Crippen LogP contribution in [0, 0.1) is 0 Å². The lowest BCUT2D eigenvalue weighted by atomic mass is 10.1. The number of rotatable bonds is 4. The summed E-state index contributed by atoms with van der Waals surface area (Å²) in [6.45, 7) is 0.725. The Morgan fingerprint density at radius 2 is 2.00 bits per heavy atom. The minimum atomic E-state index is -4.62. The van der Waals surface area contributed by atoms with Gasteiger partial charge >= 0.3 is 6.18 Å². The number of amides is 1. The average Bonchev–Trinajstić information content (AvgIpc) is 2.27. The van der Waals surface area contributed by atoms with Crippen LogP contribution in [0.15, 0.2) is 18.2 Å². The molecule has 0 aliphatic rings. The highest BCUT2D eigenvalue weighted by molar-refractivity contribution is 5.95. The van der Waals surface area contributed by atoms with E-state index in [2.05, 4.69) is 0 Å². The van der Waals surface area contributed by atoms with Crippen molar-refractivity contribution < 1.29 is 18.0 Å². The van der Waals surface area contributed by atoms with Crippen molar-refractivity contribution in [3.8, 4) is 0 Å². The normalized spacial score (nSPS) is 11.4. The number of alkyl halides is 3. The Balaban J connectivity index is 3.26. The van der Waals surface area contributed by atoms with Crippen LogP contribution in [0.2, 0.25) is 0 Å². The molecule has 0 atom stereocenters. The Kier molecular flexibility index (Phi) is 4.18. The number of hydrogen-bond acceptors (Lipinski definition) is 3. The lowest BCUT2D eigenvalue weighted by Gasteiger charge is -2.20. The van der Waals surface area contributed by atoms with Gasteiger partial charge in [-0.3, -0.25) is 4.79 Å². The molecular weight excluding hydrogens is 247 g/mol. The van der Waals surface area contributed by atoms with Crippen LogP contribution in [0.5, 0.6) is 0 Å². The third kappa shape index (κ3) is 3.13. The van der Waals surface area contributed by atoms with Gasteiger partial charge in [0.05, 0.1) is 11.1 Å². The van der Waals surface area contributed by atoms with Gasteiger partial charge in [-0.15, -0.1) is 0 Å². The molecule has 0 radical (unpaired) electrons. The number of carbonyl (C=O) groups is 1. The molecule has 0 heterocycles. The van der Waals surface area contributed by atoms with Crippen molar-refractivity contribution >= 4 is 11.6 Å². The molecule has 0 spiro atoms. The van der Waals surface area contributed by atoms with Gasteiger partial charge in [0.1, 0.15) is 0 Å². The number of carbonyl (C=O) groups excluding carboxylic acids is 1. The summed E-state index contributed by atoms with van der Waals surface area (Å²) in [7, 11) is 1.62. The van der Waals surface area contributed by atoms with E-state index in [1.165, 1.54) is 6.07 Å². The first-order chi connectivity index (χ1) is 8.27. The van der Waals surface area contributed by atoms with E-state index >= 15 is 0 Å². The summed E-state index contributed by atoms with van der Waals surface area (Å²) in [5.41, 5.74) is 9.02. The summed E-state index contributed by atoms with van der Waals surface area (Å²) in [5.74, 6) is -1.10. The Bertz CT molecular complexity index is 446. The van der Waals surface area contributed by atoms with Gasteiger partial charge < -0.3 is 16.4 Å². The lowest BCUT2D eigenvalue weighted by molar-refractivity contribution is -0.137. The standard InChI is InChI=1S/C11H14F3N3O/c1-17(5-4-15)7-2-3-8(10(16)18)9(6-7)11(12,13)14/h2-3,6H,4-5,15H2,1H3,(H2,16,18). The molecule has 4 N–H and O–H groups in total. The van der Waals surface area contributed by atoms with Gasteiger partial charge in [-0.2, -0.15) is 13.2 Å². The Morgan fingerprint density at radius 3 is 2.44 bits per heavy atom. The number of hydrogen-bond donors (Lipinski definition) is 2. The van der Waals surface area contributed by atoms with Gasteiger partial charge in [0.15, 0.2) is 0 Å². The van der Waals surface area contributed by atoms with E-state index in [-0.39, 0.29) is 0 Å². The molecule has 1 aromatic carbocycles. The van der Waals surface area contributed by atoms with E-state index in [0.717, 1.165) is 12.1 Å². The minimum absolute atomic E-state index is 0.315. The lowest BCUT2D eigenvalue weighted by Crippen LogP contribution is -2.26. The van der Waals surface area contributed by atoms with Crippen molar-refractivity contribution in [3.05, 3.63) is 29.3 Å². The minimum Gasteiger partial charge on any atom is -0.373 e. The molecule has 4 nitrogen and oxygen atoms in total. The van der Waals surface area contributed by atoms with Crippen LogP contribution in [0.3, 0.4) is 0 Å². The third-order valence-corrected chi connectivity index (χ3v) is 2.48. The zero-order valence-corrected chi connectivity index (χ0v) is 9.79. The molecule has 0 aromatic heterocycles. The zero-order chi connectivity index (χ0) is 13.9. The monoisotopic (exact) mass is 261 g/mol. The summed E-state index contributed by atoms with van der Waals surface area (Å²) in [5, 5.41) is 0. The second-order valence-corrected chi connectivity index (χ2v) is 3.80. The molecule has 1 aromatic rings. The van der Waals surface area contributed by atoms with Crippen molar-refractivity contribution in [2.75, 3.05) is 25.0 Å². The summed E-state index contributed by atoms with van der Waals surface area (Å²) < 4.78 is 38.4. The van der Waals surface area contributed by atoms with Crippen LogP contribution in [0.25, 0.3) is 0 Å². The van der Waals surface area contributed by atoms with Gasteiger partial charge in [0.25, 0.3) is 0 Å². The maximum Gasteiger partial charge on any atom is 0.417 e. The first kappa shape index (κ1) is 14.3. The number of likely N-dealkylation sites (N-methyl/N-ethyl adjacent to an activating group) is 1. The van der Waals surface area contributed by atoms with Gasteiger partial charge in [-0.25, -0.2) is 0 Å². The van der Waals surface area contributed by atoms with Crippen LogP contribution in [0.4, 0.5) is 18.9 Å². The molecule has 0 aliphatic carbocycles. The number of benzene rings is 1. The van der Waals surface area contributed by atoms with E-state index in [1.807, 2.05) is 0 Å². The number of nitrogens with zero attached hydrogens (tertiary/aromatic N) is 1. The number of halogens is 3. The van der Waals surface area contributed by atoms with Crippen LogP contribution in [-0.4, -0.2) is 26.0 Å². The van der Waals surface area contributed by atoms with E-state index in [4.69, 9.17) is 11.5 Å². The average molecular weight is 261 g/mol. The topological polar surface area (TPSA) is 72.3 Å². The third-order valence-electron chi connectivity index (χ3n) is 2.48. The molecule has 0 fully saturated rings. The number of primary amides is 1. The molecule has 0 saturated heterocycles. The van der Waals surface area contributed by atoms with Crippen LogP contribution in [-0.2, 0) is 6.18 Å². The van der Waals surface area contributed by atoms with Crippen LogP contribution >= 0.6 is 0 Å². The van der Waals surface area contributed by atoms with Gasteiger partial charge in [-0.1, -0.05) is 0 Å². The van der Waals surface area contributed by atoms with Crippen molar-refractivity contribution in [3.63, 3.8) is 0 Å². The molecule has 0 aliphatic heterocycles. The Hall–Kier alpha value is -1.76. The highest BCUT2D eigenvalue weighted by Gasteiger charge is 2.35. The maximum atomic E-state index is 12.8. The highest BCUT2D eigenvalue weighted by atomic mass is 19.4. The summed E-state index contributed by atoms with van der Waals surface area (Å²) in [4.78, 5) is 12.5. The van der Waals surface area contributed by atoms with E-state index < -0.39 is 23.2 Å². The number of nitrogens with two attached hydrogens (primary N) is 2. The maximum absolute atomic E-state index is 12.8. The first-order valence-corrected chi connectivity index (χ1v) is 5.19. The quantitative estimate of drug-likeness (QED) is 0.855. The summed E-state index contributed by atoms with van der Waals surface area (Å²) in [6.07, 6.45) is -4.62. The fraction of sp³-hybridized carbons (Fsp3) is 0.364. The van der Waals surface area contributed by atoms with E-state index in [1.54, 1.807) is 11.9 Å². The Labute approximate surface area is 102 Å². The van der Waals surface area contributed by atoms with E-state index in [0.29, 0.717) is 18.8 Å². The molecule has 7 heteroatoms. The SMILES string of the molecule is CN(CCN)c1ccc(C(N)=O)c(C(F)(F)F)c1. The van der Waals surface area contributed by atoms with Gasteiger partial charge in [-0.05, 0) is 18.2 Å². The fourth-order valence-corrected chi connectivity index (χ4v) is 1.54. The molecule has 1 rings (SSSR count). The molecule has 18 heavy (non-hydrogen) atoms. The number of anilines is 1. The van der Waals surface area contributed by atoms with Crippen molar-refractivity contribution in [1.82, 2.24) is 0 Å². The summed E-state index contributed by atoms with van der Waals surface area (Å²) in [6, 6.07) is 3.38. The molecule has 0 unspecified atom stereocenters. The second kappa shape index (κ2) is 5.26. The second-order valence-electron chi connectivity index (χ2n) is 3.80. The van der Waals surface area contributed by atoms with Crippen molar-refractivity contribution in [2.45, 2.75) is 6.18 Å². The fourth-order valence-electron chi connectivity index (χ4n) is 1.54. The van der Waals surface area contributed by atoms with Crippen LogP contribution in [0.1, 0.15) is 15.9 Å². The van der Waals surface area contributed by atoms with Crippen LogP contribution < -0.4 is 16.4 Å². The smallest absolute Gasteiger partial charge is 0.373 e. The molecule has 1 amide bonds.